The van der Waals surface area contributed by atoms with E-state index < -0.39 is 0 Å². The molecule has 2 bridgehead atoms. The first-order chi connectivity index (χ1) is 6.18. The van der Waals surface area contributed by atoms with Crippen molar-refractivity contribution in [2.45, 2.75) is 19.8 Å². The number of hydrogen-bond acceptors (Lipinski definition) is 3. The van der Waals surface area contributed by atoms with Gasteiger partial charge in [-0.25, -0.2) is 4.79 Å². The zero-order valence-corrected chi connectivity index (χ0v) is 7.38. The van der Waals surface area contributed by atoms with Crippen molar-refractivity contribution in [3.63, 3.8) is 0 Å². The molecule has 2 aromatic rings. The highest BCUT2D eigenvalue weighted by Gasteiger charge is 2.35. The summed E-state index contributed by atoms with van der Waals surface area (Å²) >= 11 is 0. The molecule has 0 radical (unpaired) electrons. The summed E-state index contributed by atoms with van der Waals surface area (Å²) in [7, 11) is 0. The molecule has 66 valence electrons. The van der Waals surface area contributed by atoms with Crippen molar-refractivity contribution < 1.29 is 13.9 Å². The Hall–Kier alpha value is -1.51. The van der Waals surface area contributed by atoms with E-state index in [1.54, 1.807) is 6.07 Å². The van der Waals surface area contributed by atoms with Gasteiger partial charge < -0.3 is 9.15 Å². The van der Waals surface area contributed by atoms with Crippen molar-refractivity contribution in [1.82, 2.24) is 0 Å². The lowest BCUT2D eigenvalue weighted by Gasteiger charge is -2.02. The van der Waals surface area contributed by atoms with E-state index in [9.17, 15) is 4.79 Å². The number of benzene rings is 1. The van der Waals surface area contributed by atoms with Crippen molar-refractivity contribution in [3.8, 4) is 5.75 Å². The molecule has 13 heavy (non-hydrogen) atoms. The van der Waals surface area contributed by atoms with E-state index in [1.807, 2.05) is 0 Å². The number of esters is 1. The lowest BCUT2D eigenvalue weighted by atomic mass is 10.0. The molecule has 0 N–H and O–H groups in total. The van der Waals surface area contributed by atoms with Crippen LogP contribution in [0.3, 0.4) is 0 Å². The number of carbonyl (C=O) groups excluding carboxylic acids is 1. The third-order valence-electron chi connectivity index (χ3n) is 2.44. The first-order valence-electron chi connectivity index (χ1n) is 4.29. The van der Waals surface area contributed by atoms with Crippen molar-refractivity contribution in [1.29, 1.82) is 0 Å². The summed E-state index contributed by atoms with van der Waals surface area (Å²) in [5.41, 5.74) is 3.02. The zero-order chi connectivity index (χ0) is 9.16. The monoisotopic (exact) mass is 176 g/mol. The van der Waals surface area contributed by atoms with Gasteiger partial charge in [0.05, 0.1) is 0 Å². The van der Waals surface area contributed by atoms with Gasteiger partial charge in [0.2, 0.25) is 0 Å². The molecule has 0 spiro atoms. The molecule has 3 heterocycles. The van der Waals surface area contributed by atoms with Gasteiger partial charge in [-0.2, -0.15) is 0 Å². The minimum atomic E-state index is -0.282. The van der Waals surface area contributed by atoms with Gasteiger partial charge in [-0.15, -0.1) is 0 Å². The standard InChI is InChI=1S/C10H8O3/c1-4(2)7-6-3-5-8(12-6)9(7)13-10(5)11/h3-4H,1-2H3. The molecule has 1 aliphatic rings. The molecular weight excluding hydrogens is 168 g/mol. The van der Waals surface area contributed by atoms with Crippen LogP contribution in [-0.2, 0) is 0 Å². The second kappa shape index (κ2) is 1.87. The zero-order valence-electron chi connectivity index (χ0n) is 7.38. The van der Waals surface area contributed by atoms with Crippen LogP contribution in [0.25, 0.3) is 11.2 Å². The number of carbonyl (C=O) groups is 1. The molecule has 0 amide bonds. The fourth-order valence-corrected chi connectivity index (χ4v) is 1.87. The molecular formula is C10H8O3. The van der Waals surface area contributed by atoms with Gasteiger partial charge in [0, 0.05) is 5.56 Å². The Morgan fingerprint density at radius 1 is 1.38 bits per heavy atom. The van der Waals surface area contributed by atoms with E-state index in [4.69, 9.17) is 9.15 Å². The molecule has 0 fully saturated rings. The largest absolute Gasteiger partial charge is 0.452 e. The maximum Gasteiger partial charge on any atom is 0.347 e. The second-order valence-corrected chi connectivity index (χ2v) is 3.64. The predicted molar refractivity (Wildman–Crippen MR) is 46.4 cm³/mol. The van der Waals surface area contributed by atoms with Crippen LogP contribution in [0.15, 0.2) is 10.5 Å². The molecule has 3 nitrogen and oxygen atoms in total. The third kappa shape index (κ3) is 0.636. The maximum atomic E-state index is 11.2. The van der Waals surface area contributed by atoms with Crippen molar-refractivity contribution in [2.75, 3.05) is 0 Å². The van der Waals surface area contributed by atoms with Gasteiger partial charge in [-0.05, 0) is 12.0 Å². The third-order valence-corrected chi connectivity index (χ3v) is 2.44. The highest BCUT2D eigenvalue weighted by atomic mass is 16.6. The molecule has 0 saturated heterocycles. The Kier molecular flexibility index (Phi) is 0.998. The smallest absolute Gasteiger partial charge is 0.347 e. The van der Waals surface area contributed by atoms with E-state index in [2.05, 4.69) is 13.8 Å². The molecule has 3 rings (SSSR count). The Balaban J connectivity index is 2.39. The van der Waals surface area contributed by atoms with Crippen LogP contribution < -0.4 is 4.74 Å². The van der Waals surface area contributed by atoms with Crippen molar-refractivity contribution in [2.24, 2.45) is 0 Å². The van der Waals surface area contributed by atoms with E-state index >= 15 is 0 Å². The Bertz CT molecular complexity index is 493. The summed E-state index contributed by atoms with van der Waals surface area (Å²) in [6.45, 7) is 4.11. The molecule has 0 aromatic carbocycles. The first kappa shape index (κ1) is 6.95. The van der Waals surface area contributed by atoms with Crippen LogP contribution in [0, 0.1) is 0 Å². The number of fused-ring (bicyclic) bond motifs is 1. The van der Waals surface area contributed by atoms with Crippen LogP contribution in [0.1, 0.15) is 35.7 Å². The number of hydrogen-bond donors (Lipinski definition) is 0. The number of ether oxygens (including phenoxy) is 1. The maximum absolute atomic E-state index is 11.2. The molecule has 0 aliphatic carbocycles. The summed E-state index contributed by atoms with van der Waals surface area (Å²) in [6.07, 6.45) is 0. The average Bonchev–Trinajstić information content (AvgIpc) is 2.61. The molecule has 0 atom stereocenters. The van der Waals surface area contributed by atoms with Crippen LogP contribution >= 0.6 is 0 Å². The highest BCUT2D eigenvalue weighted by Crippen LogP contribution is 2.46. The van der Waals surface area contributed by atoms with Gasteiger partial charge in [-0.3, -0.25) is 0 Å². The summed E-state index contributed by atoms with van der Waals surface area (Å²) in [5.74, 6) is 0.689. The van der Waals surface area contributed by atoms with E-state index in [-0.39, 0.29) is 5.97 Å². The lowest BCUT2D eigenvalue weighted by molar-refractivity contribution is 0.0754. The summed E-state index contributed by atoms with van der Waals surface area (Å²) < 4.78 is 10.5. The summed E-state index contributed by atoms with van der Waals surface area (Å²) in [6, 6.07) is 1.77. The number of rotatable bonds is 1. The Labute approximate surface area is 74.6 Å². The Morgan fingerprint density at radius 3 is 2.85 bits per heavy atom. The fourth-order valence-electron chi connectivity index (χ4n) is 1.87. The predicted octanol–water partition coefficient (Wildman–Crippen LogP) is 2.53. The van der Waals surface area contributed by atoms with Crippen LogP contribution in [0.4, 0.5) is 0 Å². The lowest BCUT2D eigenvalue weighted by Crippen LogP contribution is -2.00. The summed E-state index contributed by atoms with van der Waals surface area (Å²) in [5, 5.41) is 0. The molecule has 0 saturated carbocycles. The normalized spacial score (nSPS) is 14.8. The van der Waals surface area contributed by atoms with Crippen molar-refractivity contribution in [3.05, 3.63) is 17.2 Å². The van der Waals surface area contributed by atoms with E-state index in [0.29, 0.717) is 22.8 Å². The molecule has 2 aromatic heterocycles. The van der Waals surface area contributed by atoms with Gasteiger partial charge in [0.15, 0.2) is 11.3 Å². The quantitative estimate of drug-likeness (QED) is 0.627. The topological polar surface area (TPSA) is 39.4 Å². The molecule has 3 heteroatoms. The first-order valence-corrected chi connectivity index (χ1v) is 4.29. The van der Waals surface area contributed by atoms with Crippen LogP contribution in [0.5, 0.6) is 5.75 Å². The SMILES string of the molecule is CC(C)c1c2c3oc1cc3C(=O)O2. The van der Waals surface area contributed by atoms with Crippen molar-refractivity contribution >= 4 is 17.1 Å². The minimum absolute atomic E-state index is 0.282. The fraction of sp³-hybridized carbons (Fsp3) is 0.300. The van der Waals surface area contributed by atoms with Gasteiger partial charge >= 0.3 is 5.97 Å². The van der Waals surface area contributed by atoms with Gasteiger partial charge in [0.1, 0.15) is 11.1 Å². The van der Waals surface area contributed by atoms with Crippen LogP contribution in [-0.4, -0.2) is 5.97 Å². The summed E-state index contributed by atoms with van der Waals surface area (Å²) in [4.78, 5) is 11.2. The van der Waals surface area contributed by atoms with Crippen LogP contribution in [0.2, 0.25) is 0 Å². The number of furan rings is 2. The molecule has 1 aliphatic heterocycles. The Morgan fingerprint density at radius 2 is 2.15 bits per heavy atom. The van der Waals surface area contributed by atoms with E-state index in [1.165, 1.54) is 0 Å². The average molecular weight is 176 g/mol. The molecule has 0 unspecified atom stereocenters. The van der Waals surface area contributed by atoms with Gasteiger partial charge in [-0.1, -0.05) is 13.8 Å². The van der Waals surface area contributed by atoms with Gasteiger partial charge in [0.25, 0.3) is 0 Å². The van der Waals surface area contributed by atoms with E-state index in [0.717, 1.165) is 11.1 Å². The second-order valence-electron chi connectivity index (χ2n) is 3.64. The highest BCUT2D eigenvalue weighted by molar-refractivity contribution is 6.09. The minimum Gasteiger partial charge on any atom is -0.452 e.